The molecule has 1 aromatic rings. The maximum Gasteiger partial charge on any atom is 0.246 e. The lowest BCUT2D eigenvalue weighted by Crippen LogP contribution is -2.46. The molecular formula is C40H66N4O14. The van der Waals surface area contributed by atoms with Crippen LogP contribution in [0.5, 0.6) is 0 Å². The number of nitrogens with one attached hydrogen (secondary N) is 4. The highest BCUT2D eigenvalue weighted by Crippen LogP contribution is 2.23. The van der Waals surface area contributed by atoms with Gasteiger partial charge in [-0.05, 0) is 24.8 Å². The first kappa shape index (κ1) is 50.6. The molecule has 0 aromatic heterocycles. The second-order valence-electron chi connectivity index (χ2n) is 13.1. The molecule has 0 unspecified atom stereocenters. The molecular weight excluding hydrogens is 760 g/mol. The van der Waals surface area contributed by atoms with Crippen molar-refractivity contribution in [2.75, 3.05) is 139 Å². The van der Waals surface area contributed by atoms with Crippen molar-refractivity contribution >= 4 is 29.9 Å². The minimum absolute atomic E-state index is 0.155. The number of ether oxygens (including phenoxy) is 9. The summed E-state index contributed by atoms with van der Waals surface area (Å²) in [6.07, 6.45) is 6.52. The van der Waals surface area contributed by atoms with Crippen molar-refractivity contribution in [3.8, 4) is 0 Å². The SMILES string of the molecule is O=C[C@H](Cc1ccccc1)NC(=O)CNC(=O)CNC(=O)COCCOCCOCCOCCOCCOCCOCCOCCOCCNC(=O)C1CCCCC1. The summed E-state index contributed by atoms with van der Waals surface area (Å²) in [6.45, 7) is 6.77. The van der Waals surface area contributed by atoms with Crippen LogP contribution in [0.15, 0.2) is 30.3 Å². The molecule has 1 fully saturated rings. The third-order valence-corrected chi connectivity index (χ3v) is 8.43. The van der Waals surface area contributed by atoms with Gasteiger partial charge in [0.1, 0.15) is 12.9 Å². The van der Waals surface area contributed by atoms with E-state index in [1.165, 1.54) is 6.42 Å². The summed E-state index contributed by atoms with van der Waals surface area (Å²) in [4.78, 5) is 59.3. The Labute approximate surface area is 342 Å². The summed E-state index contributed by atoms with van der Waals surface area (Å²) in [5.74, 6) is -1.24. The van der Waals surface area contributed by atoms with E-state index in [4.69, 9.17) is 42.6 Å². The summed E-state index contributed by atoms with van der Waals surface area (Å²) in [6, 6.07) is 8.52. The molecule has 18 nitrogen and oxygen atoms in total. The Morgan fingerprint density at radius 2 is 0.966 bits per heavy atom. The molecule has 1 saturated carbocycles. The first-order valence-corrected chi connectivity index (χ1v) is 20.3. The Hall–Kier alpha value is -3.59. The minimum Gasteiger partial charge on any atom is -0.377 e. The van der Waals surface area contributed by atoms with Crippen LogP contribution in [0.25, 0.3) is 0 Å². The molecule has 0 aliphatic heterocycles. The number of rotatable bonds is 38. The minimum atomic E-state index is -0.714. The Morgan fingerprint density at radius 3 is 1.45 bits per heavy atom. The highest BCUT2D eigenvalue weighted by Gasteiger charge is 2.20. The van der Waals surface area contributed by atoms with Gasteiger partial charge in [0.15, 0.2) is 0 Å². The topological polar surface area (TPSA) is 217 Å². The second kappa shape index (κ2) is 36.5. The van der Waals surface area contributed by atoms with Gasteiger partial charge in [-0.2, -0.15) is 0 Å². The fourth-order valence-corrected chi connectivity index (χ4v) is 5.41. The Kier molecular flexibility index (Phi) is 31.8. The highest BCUT2D eigenvalue weighted by molar-refractivity contribution is 5.89. The summed E-state index contributed by atoms with van der Waals surface area (Å²) >= 11 is 0. The van der Waals surface area contributed by atoms with Gasteiger partial charge in [-0.1, -0.05) is 49.6 Å². The fourth-order valence-electron chi connectivity index (χ4n) is 5.41. The zero-order valence-electron chi connectivity index (χ0n) is 33.9. The van der Waals surface area contributed by atoms with Gasteiger partial charge >= 0.3 is 0 Å². The molecule has 1 aliphatic rings. The van der Waals surface area contributed by atoms with Gasteiger partial charge in [0.25, 0.3) is 0 Å². The van der Waals surface area contributed by atoms with Crippen LogP contribution in [-0.2, 0) is 73.0 Å². The predicted octanol–water partition coefficient (Wildman–Crippen LogP) is -0.00890. The van der Waals surface area contributed by atoms with Gasteiger partial charge in [0.2, 0.25) is 23.6 Å². The number of carbonyl (C=O) groups is 5. The Balaban J connectivity index is 1.21. The lowest BCUT2D eigenvalue weighted by atomic mass is 9.89. The van der Waals surface area contributed by atoms with Crippen LogP contribution in [0, 0.1) is 5.92 Å². The molecule has 0 spiro atoms. The number of carbonyl (C=O) groups excluding carboxylic acids is 5. The van der Waals surface area contributed by atoms with Crippen molar-refractivity contribution in [3.63, 3.8) is 0 Å². The molecule has 1 atom stereocenters. The van der Waals surface area contributed by atoms with Crippen molar-refractivity contribution in [2.45, 2.75) is 44.6 Å². The third kappa shape index (κ3) is 29.6. The number of amides is 4. The molecule has 4 N–H and O–H groups in total. The smallest absolute Gasteiger partial charge is 0.246 e. The van der Waals surface area contributed by atoms with E-state index in [2.05, 4.69) is 21.3 Å². The van der Waals surface area contributed by atoms with E-state index in [-0.39, 0.29) is 44.7 Å². The van der Waals surface area contributed by atoms with E-state index in [0.717, 1.165) is 31.2 Å². The normalized spacial score (nSPS) is 13.4. The monoisotopic (exact) mass is 826 g/mol. The van der Waals surface area contributed by atoms with Crippen LogP contribution in [0.3, 0.4) is 0 Å². The van der Waals surface area contributed by atoms with Crippen molar-refractivity contribution in [1.29, 1.82) is 0 Å². The highest BCUT2D eigenvalue weighted by atomic mass is 16.6. The van der Waals surface area contributed by atoms with Crippen molar-refractivity contribution in [1.82, 2.24) is 21.3 Å². The average molecular weight is 827 g/mol. The van der Waals surface area contributed by atoms with Crippen molar-refractivity contribution in [2.24, 2.45) is 5.92 Å². The Bertz CT molecular complexity index is 1210. The summed E-state index contributed by atoms with van der Waals surface area (Å²) in [5.41, 5.74) is 0.895. The van der Waals surface area contributed by atoms with Crippen LogP contribution < -0.4 is 21.3 Å². The molecule has 1 aromatic carbocycles. The summed E-state index contributed by atoms with van der Waals surface area (Å²) in [5, 5.41) is 10.3. The van der Waals surface area contributed by atoms with Crippen LogP contribution >= 0.6 is 0 Å². The summed E-state index contributed by atoms with van der Waals surface area (Å²) in [7, 11) is 0. The van der Waals surface area contributed by atoms with Crippen molar-refractivity contribution < 1.29 is 66.6 Å². The molecule has 0 saturated heterocycles. The molecule has 2 rings (SSSR count). The zero-order valence-corrected chi connectivity index (χ0v) is 33.9. The zero-order chi connectivity index (χ0) is 41.6. The van der Waals surface area contributed by atoms with E-state index in [9.17, 15) is 24.0 Å². The largest absolute Gasteiger partial charge is 0.377 e. The van der Waals surface area contributed by atoms with Crippen LogP contribution in [0.2, 0.25) is 0 Å². The molecule has 1 aliphatic carbocycles. The standard InChI is InChI=1S/C40H66N4O14/c45-32-36(29-34-7-3-1-4-8-34)44-38(47)31-42-37(46)30-43-39(48)33-58-28-27-57-26-25-56-24-23-55-22-21-54-20-19-53-18-17-52-16-15-51-14-13-50-12-11-41-40(49)35-9-5-2-6-10-35/h1,3-4,7-8,32,35-36H,2,5-6,9-31,33H2,(H,41,49)(H,42,46)(H,43,48)(H,44,47)/t36-/m0/s1. The van der Waals surface area contributed by atoms with E-state index in [0.29, 0.717) is 118 Å². The second-order valence-corrected chi connectivity index (χ2v) is 13.1. The van der Waals surface area contributed by atoms with Gasteiger partial charge in [-0.25, -0.2) is 0 Å². The first-order valence-electron chi connectivity index (χ1n) is 20.3. The molecule has 18 heteroatoms. The van der Waals surface area contributed by atoms with E-state index >= 15 is 0 Å². The Morgan fingerprint density at radius 1 is 0.534 bits per heavy atom. The first-order chi connectivity index (χ1) is 28.5. The van der Waals surface area contributed by atoms with Crippen LogP contribution in [0.1, 0.15) is 37.7 Å². The number of aldehydes is 1. The lowest BCUT2D eigenvalue weighted by molar-refractivity contribution is -0.130. The predicted molar refractivity (Wildman–Crippen MR) is 211 cm³/mol. The number of hydrogen-bond donors (Lipinski definition) is 4. The maximum atomic E-state index is 12.1. The quantitative estimate of drug-likeness (QED) is 0.0510. The van der Waals surface area contributed by atoms with Gasteiger partial charge in [-0.3, -0.25) is 19.2 Å². The van der Waals surface area contributed by atoms with Gasteiger partial charge in [0.05, 0.1) is 131 Å². The van der Waals surface area contributed by atoms with Crippen molar-refractivity contribution in [3.05, 3.63) is 35.9 Å². The van der Waals surface area contributed by atoms with E-state index < -0.39 is 23.8 Å². The maximum absolute atomic E-state index is 12.1. The van der Waals surface area contributed by atoms with Gasteiger partial charge in [-0.15, -0.1) is 0 Å². The number of benzene rings is 1. The van der Waals surface area contributed by atoms with E-state index in [1.807, 2.05) is 30.3 Å². The van der Waals surface area contributed by atoms with Gasteiger partial charge < -0.3 is 68.7 Å². The number of hydrogen-bond acceptors (Lipinski definition) is 14. The third-order valence-electron chi connectivity index (χ3n) is 8.43. The van der Waals surface area contributed by atoms with Crippen LogP contribution in [0.4, 0.5) is 0 Å². The molecule has 0 heterocycles. The molecule has 4 amide bonds. The summed E-state index contributed by atoms with van der Waals surface area (Å²) < 4.78 is 49.0. The van der Waals surface area contributed by atoms with Crippen LogP contribution in [-0.4, -0.2) is 175 Å². The lowest BCUT2D eigenvalue weighted by Gasteiger charge is -2.20. The molecule has 0 radical (unpaired) electrons. The fraction of sp³-hybridized carbons (Fsp3) is 0.725. The van der Waals surface area contributed by atoms with E-state index in [1.54, 1.807) is 0 Å². The molecule has 330 valence electrons. The van der Waals surface area contributed by atoms with Gasteiger partial charge in [0, 0.05) is 12.5 Å². The average Bonchev–Trinajstić information content (AvgIpc) is 3.24. The molecule has 58 heavy (non-hydrogen) atoms. The molecule has 0 bridgehead atoms.